The summed E-state index contributed by atoms with van der Waals surface area (Å²) in [5.41, 5.74) is 7.12. The number of benzene rings is 1. The number of halogens is 1. The Kier molecular flexibility index (Phi) is 2.97. The third-order valence-corrected chi connectivity index (χ3v) is 3.81. The van der Waals surface area contributed by atoms with Gasteiger partial charge in [-0.2, -0.15) is 0 Å². The monoisotopic (exact) mass is 260 g/mol. The average Bonchev–Trinajstić information content (AvgIpc) is 3.01. The molecule has 3 rings (SSSR count). The second-order valence-electron chi connectivity index (χ2n) is 5.11. The fraction of sp³-hybridized carbons (Fsp3) is 0.429. The Labute approximate surface area is 111 Å². The highest BCUT2D eigenvalue weighted by Crippen LogP contribution is 2.35. The summed E-state index contributed by atoms with van der Waals surface area (Å²) in [6.07, 6.45) is 4.70. The Hall–Kier alpha value is -1.91. The number of hydrogen-bond acceptors (Lipinski definition) is 3. The van der Waals surface area contributed by atoms with Crippen LogP contribution in [0.5, 0.6) is 0 Å². The molecule has 0 aliphatic heterocycles. The molecule has 0 bridgehead atoms. The summed E-state index contributed by atoms with van der Waals surface area (Å²) >= 11 is 0. The molecule has 4 nitrogen and oxygen atoms in total. The third kappa shape index (κ3) is 2.09. The van der Waals surface area contributed by atoms with Crippen molar-refractivity contribution < 1.29 is 4.39 Å². The maximum Gasteiger partial charge on any atom is 0.166 e. The van der Waals surface area contributed by atoms with Crippen molar-refractivity contribution in [2.45, 2.75) is 38.6 Å². The first-order valence-electron chi connectivity index (χ1n) is 6.63. The van der Waals surface area contributed by atoms with E-state index >= 15 is 0 Å². The van der Waals surface area contributed by atoms with E-state index in [1.54, 1.807) is 6.07 Å². The van der Waals surface area contributed by atoms with Crippen LogP contribution >= 0.6 is 0 Å². The van der Waals surface area contributed by atoms with Gasteiger partial charge in [-0.25, -0.2) is 4.39 Å². The molecule has 2 N–H and O–H groups in total. The molecule has 0 amide bonds. The Balaban J connectivity index is 2.12. The van der Waals surface area contributed by atoms with Gasteiger partial charge in [0.2, 0.25) is 0 Å². The van der Waals surface area contributed by atoms with Crippen molar-refractivity contribution in [2.75, 3.05) is 5.73 Å². The van der Waals surface area contributed by atoms with Crippen molar-refractivity contribution in [3.63, 3.8) is 0 Å². The first kappa shape index (κ1) is 12.1. The summed E-state index contributed by atoms with van der Waals surface area (Å²) in [7, 11) is 0. The van der Waals surface area contributed by atoms with E-state index in [4.69, 9.17) is 5.73 Å². The second kappa shape index (κ2) is 4.64. The fourth-order valence-corrected chi connectivity index (χ4v) is 2.87. The van der Waals surface area contributed by atoms with E-state index < -0.39 is 0 Å². The molecule has 0 saturated heterocycles. The lowest BCUT2D eigenvalue weighted by Crippen LogP contribution is -2.09. The van der Waals surface area contributed by atoms with Gasteiger partial charge in [-0.1, -0.05) is 12.8 Å². The van der Waals surface area contributed by atoms with E-state index in [0.29, 0.717) is 23.1 Å². The Morgan fingerprint density at radius 3 is 2.74 bits per heavy atom. The summed E-state index contributed by atoms with van der Waals surface area (Å²) in [6, 6.07) is 4.78. The lowest BCUT2D eigenvalue weighted by Gasteiger charge is -2.16. The van der Waals surface area contributed by atoms with Gasteiger partial charge in [0.15, 0.2) is 5.82 Å². The standard InChI is InChI=1S/C14H17FN4/c1-9-17-18-14(19(9)11-4-2-3-5-11)12-8-10(15)6-7-13(12)16/h6-8,11H,2-5,16H2,1H3. The van der Waals surface area contributed by atoms with Gasteiger partial charge in [-0.3, -0.25) is 0 Å². The van der Waals surface area contributed by atoms with Gasteiger partial charge in [-0.15, -0.1) is 10.2 Å². The van der Waals surface area contributed by atoms with Crippen molar-refractivity contribution >= 4 is 5.69 Å². The highest BCUT2D eigenvalue weighted by atomic mass is 19.1. The van der Waals surface area contributed by atoms with Gasteiger partial charge in [0.1, 0.15) is 11.6 Å². The first-order chi connectivity index (χ1) is 9.16. The summed E-state index contributed by atoms with van der Waals surface area (Å²) in [5, 5.41) is 8.34. The molecule has 1 aromatic carbocycles. The van der Waals surface area contributed by atoms with Crippen molar-refractivity contribution in [1.82, 2.24) is 14.8 Å². The Bertz CT molecular complexity index is 599. The summed E-state index contributed by atoms with van der Waals surface area (Å²) in [4.78, 5) is 0. The molecule has 100 valence electrons. The number of aromatic nitrogens is 3. The third-order valence-electron chi connectivity index (χ3n) is 3.81. The van der Waals surface area contributed by atoms with Crippen molar-refractivity contribution in [2.24, 2.45) is 0 Å². The van der Waals surface area contributed by atoms with Gasteiger partial charge in [-0.05, 0) is 38.0 Å². The van der Waals surface area contributed by atoms with E-state index in [1.165, 1.54) is 25.0 Å². The molecule has 0 unspecified atom stereocenters. The smallest absolute Gasteiger partial charge is 0.166 e. The minimum atomic E-state index is -0.303. The first-order valence-corrected chi connectivity index (χ1v) is 6.63. The van der Waals surface area contributed by atoms with Crippen LogP contribution in [0.4, 0.5) is 10.1 Å². The van der Waals surface area contributed by atoms with E-state index in [-0.39, 0.29) is 5.82 Å². The average molecular weight is 260 g/mol. The van der Waals surface area contributed by atoms with Crippen molar-refractivity contribution in [1.29, 1.82) is 0 Å². The molecular weight excluding hydrogens is 243 g/mol. The van der Waals surface area contributed by atoms with E-state index in [0.717, 1.165) is 18.7 Å². The number of aryl methyl sites for hydroxylation is 1. The van der Waals surface area contributed by atoms with Crippen LogP contribution < -0.4 is 5.73 Å². The zero-order valence-corrected chi connectivity index (χ0v) is 10.9. The van der Waals surface area contributed by atoms with Crippen LogP contribution in [0.3, 0.4) is 0 Å². The van der Waals surface area contributed by atoms with E-state index in [9.17, 15) is 4.39 Å². The van der Waals surface area contributed by atoms with Gasteiger partial charge in [0, 0.05) is 17.3 Å². The summed E-state index contributed by atoms with van der Waals surface area (Å²) in [5.74, 6) is 1.25. The molecule has 1 aromatic heterocycles. The number of hydrogen-bond donors (Lipinski definition) is 1. The highest BCUT2D eigenvalue weighted by Gasteiger charge is 2.23. The molecule has 2 aromatic rings. The van der Waals surface area contributed by atoms with Gasteiger partial charge in [0.05, 0.1) is 0 Å². The molecule has 1 fully saturated rings. The molecule has 0 spiro atoms. The molecule has 1 heterocycles. The molecule has 1 aliphatic rings. The summed E-state index contributed by atoms with van der Waals surface area (Å²) < 4.78 is 15.5. The lowest BCUT2D eigenvalue weighted by atomic mass is 10.1. The van der Waals surface area contributed by atoms with Crippen LogP contribution in [0, 0.1) is 12.7 Å². The van der Waals surface area contributed by atoms with Crippen LogP contribution in [0.25, 0.3) is 11.4 Å². The normalized spacial score (nSPS) is 16.1. The quantitative estimate of drug-likeness (QED) is 0.844. The lowest BCUT2D eigenvalue weighted by molar-refractivity contribution is 0.510. The molecule has 0 radical (unpaired) electrons. The maximum absolute atomic E-state index is 13.4. The molecular formula is C14H17FN4. The van der Waals surface area contributed by atoms with Crippen LogP contribution in [-0.4, -0.2) is 14.8 Å². The molecule has 5 heteroatoms. The second-order valence-corrected chi connectivity index (χ2v) is 5.11. The molecule has 0 atom stereocenters. The van der Waals surface area contributed by atoms with Gasteiger partial charge >= 0.3 is 0 Å². The van der Waals surface area contributed by atoms with Crippen molar-refractivity contribution in [3.8, 4) is 11.4 Å². The number of nitrogen functional groups attached to an aromatic ring is 1. The molecule has 1 aliphatic carbocycles. The fourth-order valence-electron chi connectivity index (χ4n) is 2.87. The summed E-state index contributed by atoms with van der Waals surface area (Å²) in [6.45, 7) is 1.93. The minimum absolute atomic E-state index is 0.303. The van der Waals surface area contributed by atoms with Crippen molar-refractivity contribution in [3.05, 3.63) is 29.8 Å². The predicted molar refractivity (Wildman–Crippen MR) is 72.1 cm³/mol. The number of nitrogens with zero attached hydrogens (tertiary/aromatic N) is 3. The molecule has 19 heavy (non-hydrogen) atoms. The van der Waals surface area contributed by atoms with Crippen LogP contribution in [0.15, 0.2) is 18.2 Å². The van der Waals surface area contributed by atoms with Gasteiger partial charge in [0.25, 0.3) is 0 Å². The minimum Gasteiger partial charge on any atom is -0.398 e. The topological polar surface area (TPSA) is 56.7 Å². The largest absolute Gasteiger partial charge is 0.398 e. The number of rotatable bonds is 2. The Morgan fingerprint density at radius 1 is 1.26 bits per heavy atom. The zero-order chi connectivity index (χ0) is 13.4. The van der Waals surface area contributed by atoms with Crippen LogP contribution in [0.2, 0.25) is 0 Å². The molecule has 1 saturated carbocycles. The van der Waals surface area contributed by atoms with E-state index in [1.807, 2.05) is 6.92 Å². The van der Waals surface area contributed by atoms with Crippen LogP contribution in [-0.2, 0) is 0 Å². The van der Waals surface area contributed by atoms with E-state index in [2.05, 4.69) is 14.8 Å². The van der Waals surface area contributed by atoms with Gasteiger partial charge < -0.3 is 10.3 Å². The predicted octanol–water partition coefficient (Wildman–Crippen LogP) is 3.09. The zero-order valence-electron chi connectivity index (χ0n) is 10.9. The highest BCUT2D eigenvalue weighted by molar-refractivity contribution is 5.71. The number of nitrogens with two attached hydrogens (primary N) is 1. The SMILES string of the molecule is Cc1nnc(-c2cc(F)ccc2N)n1C1CCCC1. The number of anilines is 1. The maximum atomic E-state index is 13.4. The Morgan fingerprint density at radius 2 is 2.00 bits per heavy atom. The van der Waals surface area contributed by atoms with Crippen LogP contribution in [0.1, 0.15) is 37.5 Å².